The first-order valence-electron chi connectivity index (χ1n) is 7.42. The van der Waals surface area contributed by atoms with Crippen molar-refractivity contribution in [3.8, 4) is 0 Å². The smallest absolute Gasteiger partial charge is 0.172 e. The molecule has 21 heavy (non-hydrogen) atoms. The van der Waals surface area contributed by atoms with Crippen molar-refractivity contribution in [2.24, 2.45) is 0 Å². The first kappa shape index (κ1) is 18.1. The molecule has 4 aliphatic carbocycles. The summed E-state index contributed by atoms with van der Waals surface area (Å²) >= 11 is 0. The molecule has 4 aliphatic rings. The maximum atomic E-state index is 3.20. The molecule has 0 N–H and O–H groups in total. The van der Waals surface area contributed by atoms with Crippen molar-refractivity contribution >= 4 is 0 Å². The monoisotopic (exact) mass is 352 g/mol. The van der Waals surface area contributed by atoms with E-state index in [0.29, 0.717) is 0 Å². The van der Waals surface area contributed by atoms with Gasteiger partial charge in [-0.25, -0.2) is 0 Å². The average molecular weight is 354 g/mol. The van der Waals surface area contributed by atoms with E-state index >= 15 is 0 Å². The minimum atomic E-state index is 0. The van der Waals surface area contributed by atoms with Gasteiger partial charge in [-0.05, 0) is 0 Å². The van der Waals surface area contributed by atoms with Crippen molar-refractivity contribution in [2.75, 3.05) is 0 Å². The van der Waals surface area contributed by atoms with Crippen molar-refractivity contribution in [1.29, 1.82) is 0 Å². The molecular weight excluding hydrogens is 331 g/mol. The Balaban J connectivity index is 0.000000181. The van der Waals surface area contributed by atoms with Gasteiger partial charge in [-0.2, -0.15) is 58.7 Å². The predicted octanol–water partition coefficient (Wildman–Crippen LogP) is 5.59. The predicted molar refractivity (Wildman–Crippen MR) is 86.9 cm³/mol. The Hall–Kier alpha value is -0.937. The molecule has 0 aromatic rings. The van der Waals surface area contributed by atoms with E-state index in [-0.39, 0.29) is 26.2 Å². The topological polar surface area (TPSA) is 0 Å². The summed E-state index contributed by atoms with van der Waals surface area (Å²) in [7, 11) is 0. The van der Waals surface area contributed by atoms with Gasteiger partial charge in [0.25, 0.3) is 0 Å². The molecule has 106 valence electrons. The second-order valence-corrected chi connectivity index (χ2v) is 5.03. The molecule has 1 heteroatoms. The Bertz CT molecular complexity index is 476. The van der Waals surface area contributed by atoms with Crippen LogP contribution in [0.15, 0.2) is 71.9 Å². The van der Waals surface area contributed by atoms with E-state index in [4.69, 9.17) is 0 Å². The summed E-state index contributed by atoms with van der Waals surface area (Å²) in [5.41, 5.74) is 5.67. The van der Waals surface area contributed by atoms with E-state index in [0.717, 1.165) is 0 Å². The summed E-state index contributed by atoms with van der Waals surface area (Å²) in [6, 6.07) is 0. The van der Waals surface area contributed by atoms with Crippen molar-refractivity contribution in [3.63, 3.8) is 0 Å². The summed E-state index contributed by atoms with van der Waals surface area (Å²) in [6.07, 6.45) is 27.0. The molecule has 0 saturated carbocycles. The van der Waals surface area contributed by atoms with Crippen LogP contribution in [0.2, 0.25) is 0 Å². The van der Waals surface area contributed by atoms with Gasteiger partial charge in [-0.1, -0.05) is 38.5 Å². The maximum absolute atomic E-state index is 3.20. The molecule has 0 nitrogen and oxygen atoms in total. The van der Waals surface area contributed by atoms with Crippen LogP contribution in [0, 0.1) is 12.2 Å². The Labute approximate surface area is 148 Å². The normalized spacial score (nSPS) is 20.0. The van der Waals surface area contributed by atoms with Gasteiger partial charge < -0.3 is 0 Å². The van der Waals surface area contributed by atoms with Crippen molar-refractivity contribution in [1.82, 2.24) is 0 Å². The number of rotatable bonds is 0. The van der Waals surface area contributed by atoms with Crippen LogP contribution in [0.5, 0.6) is 0 Å². The third-order valence-electron chi connectivity index (χ3n) is 3.74. The average Bonchev–Trinajstić information content (AvgIpc) is 3.18. The van der Waals surface area contributed by atoms with Gasteiger partial charge in [0.1, 0.15) is 0 Å². The van der Waals surface area contributed by atoms with Crippen molar-refractivity contribution < 1.29 is 26.2 Å². The molecule has 0 aromatic heterocycles. The van der Waals surface area contributed by atoms with Crippen LogP contribution in [-0.2, 0) is 26.2 Å². The van der Waals surface area contributed by atoms with E-state index in [1.54, 1.807) is 0 Å². The van der Waals surface area contributed by atoms with E-state index in [2.05, 4.69) is 49.6 Å². The van der Waals surface area contributed by atoms with E-state index < -0.39 is 0 Å². The largest absolute Gasteiger partial charge is 2.00 e. The van der Waals surface area contributed by atoms with Crippen LogP contribution >= 0.6 is 0 Å². The Kier molecular flexibility index (Phi) is 8.54. The maximum Gasteiger partial charge on any atom is 2.00 e. The molecule has 0 aliphatic heterocycles. The summed E-state index contributed by atoms with van der Waals surface area (Å²) in [5, 5.41) is 0. The second-order valence-electron chi connectivity index (χ2n) is 5.03. The minimum absolute atomic E-state index is 0. The fourth-order valence-electron chi connectivity index (χ4n) is 2.72. The molecule has 0 atom stereocenters. The SMILES string of the molecule is C=C.[C-]1=CC=C2CCCC=C12.[C-]1=CC=C2CCCC=C12.[Zr+2]. The molecule has 0 unspecified atom stereocenters. The molecule has 0 amide bonds. The number of hydrogen-bond donors (Lipinski definition) is 0. The van der Waals surface area contributed by atoms with Gasteiger partial charge >= 0.3 is 26.2 Å². The number of fused-ring (bicyclic) bond motifs is 2. The van der Waals surface area contributed by atoms with Gasteiger partial charge in [0.15, 0.2) is 0 Å². The third-order valence-corrected chi connectivity index (χ3v) is 3.74. The summed E-state index contributed by atoms with van der Waals surface area (Å²) in [6.45, 7) is 6.00. The molecule has 0 fully saturated rings. The Morgan fingerprint density at radius 3 is 1.57 bits per heavy atom. The third kappa shape index (κ3) is 5.08. The molecule has 0 heterocycles. The Morgan fingerprint density at radius 2 is 1.19 bits per heavy atom. The van der Waals surface area contributed by atoms with Crippen LogP contribution in [-0.4, -0.2) is 0 Å². The van der Waals surface area contributed by atoms with Crippen LogP contribution in [0.3, 0.4) is 0 Å². The number of hydrogen-bond acceptors (Lipinski definition) is 0. The summed E-state index contributed by atoms with van der Waals surface area (Å²) < 4.78 is 0. The van der Waals surface area contributed by atoms with Gasteiger partial charge in [-0.3, -0.25) is 0 Å². The molecular formula is C20H22Zr. The fourth-order valence-corrected chi connectivity index (χ4v) is 2.72. The van der Waals surface area contributed by atoms with E-state index in [1.807, 2.05) is 12.2 Å². The second kappa shape index (κ2) is 9.90. The zero-order valence-corrected chi connectivity index (χ0v) is 15.1. The Morgan fingerprint density at radius 1 is 0.762 bits per heavy atom. The first-order chi connectivity index (χ1) is 9.93. The zero-order chi connectivity index (χ0) is 14.2. The van der Waals surface area contributed by atoms with Gasteiger partial charge in [0, 0.05) is 0 Å². The van der Waals surface area contributed by atoms with E-state index in [9.17, 15) is 0 Å². The van der Waals surface area contributed by atoms with E-state index in [1.165, 1.54) is 60.8 Å². The zero-order valence-electron chi connectivity index (χ0n) is 12.6. The molecule has 0 aromatic carbocycles. The first-order valence-corrected chi connectivity index (χ1v) is 7.42. The minimum Gasteiger partial charge on any atom is -0.172 e. The van der Waals surface area contributed by atoms with Crippen LogP contribution in [0.1, 0.15) is 38.5 Å². The molecule has 0 saturated heterocycles. The van der Waals surface area contributed by atoms with Gasteiger partial charge in [0.2, 0.25) is 0 Å². The van der Waals surface area contributed by atoms with Crippen LogP contribution in [0.25, 0.3) is 0 Å². The van der Waals surface area contributed by atoms with Crippen molar-refractivity contribution in [2.45, 2.75) is 38.5 Å². The molecule has 0 spiro atoms. The molecule has 0 bridgehead atoms. The quantitative estimate of drug-likeness (QED) is 0.393. The standard InChI is InChI=1S/2C9H9.C2H4.Zr/c2*1-2-5-9-7-3-6-8(9)4-1;1-2;/h2*3-4,7H,1-2,5H2;1-2H2;/q2*-1;;+2. The van der Waals surface area contributed by atoms with Crippen LogP contribution in [0.4, 0.5) is 0 Å². The van der Waals surface area contributed by atoms with Gasteiger partial charge in [0.05, 0.1) is 0 Å². The molecule has 4 rings (SSSR count). The van der Waals surface area contributed by atoms with Crippen molar-refractivity contribution in [3.05, 3.63) is 84.1 Å². The van der Waals surface area contributed by atoms with Gasteiger partial charge in [-0.15, -0.1) is 25.3 Å². The number of allylic oxidation sites excluding steroid dienone is 12. The molecule has 0 radical (unpaired) electrons. The van der Waals surface area contributed by atoms with Crippen LogP contribution < -0.4 is 0 Å². The fraction of sp³-hybridized carbons (Fsp3) is 0.300. The summed E-state index contributed by atoms with van der Waals surface area (Å²) in [5.74, 6) is 0. The summed E-state index contributed by atoms with van der Waals surface area (Å²) in [4.78, 5) is 0.